The molecule has 5 nitrogen and oxygen atoms in total. The van der Waals surface area contributed by atoms with Crippen LogP contribution in [0.4, 0.5) is 5.69 Å². The van der Waals surface area contributed by atoms with Crippen molar-refractivity contribution in [1.82, 2.24) is 14.7 Å². The zero-order valence-corrected chi connectivity index (χ0v) is 17.3. The summed E-state index contributed by atoms with van der Waals surface area (Å²) in [6, 6.07) is 8.62. The number of hydrogen-bond donors (Lipinski definition) is 1. The summed E-state index contributed by atoms with van der Waals surface area (Å²) in [6.45, 7) is 7.03. The third-order valence-corrected chi connectivity index (χ3v) is 7.18. The van der Waals surface area contributed by atoms with Crippen molar-refractivity contribution < 1.29 is 4.79 Å². The van der Waals surface area contributed by atoms with Crippen molar-refractivity contribution in [2.24, 2.45) is 5.41 Å². The van der Waals surface area contributed by atoms with Gasteiger partial charge in [0.05, 0.1) is 5.69 Å². The number of hydrogen-bond acceptors (Lipinski definition) is 4. The van der Waals surface area contributed by atoms with Crippen molar-refractivity contribution in [1.29, 1.82) is 0 Å². The fraction of sp³-hybridized carbons (Fsp3) is 0.455. The minimum Gasteiger partial charge on any atom is -0.370 e. The number of anilines is 1. The predicted molar refractivity (Wildman–Crippen MR) is 113 cm³/mol. The number of thiazole rings is 1. The first-order valence-electron chi connectivity index (χ1n) is 10.2. The Morgan fingerprint density at radius 2 is 2.00 bits per heavy atom. The summed E-state index contributed by atoms with van der Waals surface area (Å²) < 4.78 is 1.93. The Balaban J connectivity index is 1.24. The number of rotatable bonds is 5. The molecule has 0 bridgehead atoms. The van der Waals surface area contributed by atoms with E-state index in [9.17, 15) is 4.79 Å². The van der Waals surface area contributed by atoms with Crippen LogP contribution < -0.4 is 10.2 Å². The zero-order valence-electron chi connectivity index (χ0n) is 16.5. The highest BCUT2D eigenvalue weighted by atomic mass is 32.1. The van der Waals surface area contributed by atoms with Gasteiger partial charge in [0.15, 0.2) is 4.96 Å². The van der Waals surface area contributed by atoms with Crippen molar-refractivity contribution >= 4 is 27.9 Å². The second-order valence-electron chi connectivity index (χ2n) is 8.31. The van der Waals surface area contributed by atoms with Crippen LogP contribution in [0, 0.1) is 12.3 Å². The highest BCUT2D eigenvalue weighted by Crippen LogP contribution is 2.49. The van der Waals surface area contributed by atoms with E-state index in [-0.39, 0.29) is 5.91 Å². The SMILES string of the molecule is CCc1nc2sc(C)cn2c1C(=O)NCc1ccc(N2CC3(CCC3)C2)cc1. The molecule has 1 spiro atoms. The molecule has 3 aromatic rings. The fourth-order valence-corrected chi connectivity index (χ4v) is 5.36. The summed E-state index contributed by atoms with van der Waals surface area (Å²) in [5, 5.41) is 3.08. The summed E-state index contributed by atoms with van der Waals surface area (Å²) in [6.07, 6.45) is 6.96. The van der Waals surface area contributed by atoms with Crippen LogP contribution in [0.25, 0.3) is 4.96 Å². The molecular weight excluding hydrogens is 368 g/mol. The molecule has 3 heterocycles. The molecule has 2 aliphatic rings. The van der Waals surface area contributed by atoms with Gasteiger partial charge in [-0.05, 0) is 43.9 Å². The largest absolute Gasteiger partial charge is 0.370 e. The molecule has 1 saturated heterocycles. The number of aromatic nitrogens is 2. The van der Waals surface area contributed by atoms with Crippen molar-refractivity contribution in [3.8, 4) is 0 Å². The van der Waals surface area contributed by atoms with Gasteiger partial charge in [-0.2, -0.15) is 0 Å². The molecular formula is C22H26N4OS. The zero-order chi connectivity index (χ0) is 19.3. The van der Waals surface area contributed by atoms with E-state index in [1.54, 1.807) is 11.3 Å². The van der Waals surface area contributed by atoms with Crippen LogP contribution in [-0.2, 0) is 13.0 Å². The first-order valence-corrected chi connectivity index (χ1v) is 11.0. The Kier molecular flexibility index (Phi) is 4.19. The lowest BCUT2D eigenvalue weighted by Crippen LogP contribution is -2.59. The molecule has 28 heavy (non-hydrogen) atoms. The van der Waals surface area contributed by atoms with E-state index in [0.717, 1.165) is 27.5 Å². The predicted octanol–water partition coefficient (Wildman–Crippen LogP) is 4.19. The molecule has 1 saturated carbocycles. The maximum Gasteiger partial charge on any atom is 0.270 e. The van der Waals surface area contributed by atoms with E-state index < -0.39 is 0 Å². The minimum absolute atomic E-state index is 0.0547. The van der Waals surface area contributed by atoms with Crippen LogP contribution >= 0.6 is 11.3 Å². The van der Waals surface area contributed by atoms with Crippen LogP contribution in [0.2, 0.25) is 0 Å². The van der Waals surface area contributed by atoms with Crippen molar-refractivity contribution in [2.45, 2.75) is 46.1 Å². The smallest absolute Gasteiger partial charge is 0.270 e. The number of imidazole rings is 1. The first kappa shape index (κ1) is 17.7. The number of aryl methyl sites for hydroxylation is 2. The number of nitrogens with zero attached hydrogens (tertiary/aromatic N) is 3. The van der Waals surface area contributed by atoms with Crippen LogP contribution in [0.15, 0.2) is 30.5 Å². The Bertz CT molecular complexity index is 1020. The number of fused-ring (bicyclic) bond motifs is 1. The first-order chi connectivity index (χ1) is 13.6. The topological polar surface area (TPSA) is 49.6 Å². The minimum atomic E-state index is -0.0547. The van der Waals surface area contributed by atoms with Crippen LogP contribution in [0.5, 0.6) is 0 Å². The normalized spacial score (nSPS) is 17.6. The van der Waals surface area contributed by atoms with Gasteiger partial charge in [-0.3, -0.25) is 9.20 Å². The Labute approximate surface area is 169 Å². The van der Waals surface area contributed by atoms with Gasteiger partial charge in [0, 0.05) is 41.8 Å². The highest BCUT2D eigenvalue weighted by molar-refractivity contribution is 7.17. The van der Waals surface area contributed by atoms with E-state index in [1.165, 1.54) is 38.0 Å². The van der Waals surface area contributed by atoms with Gasteiger partial charge in [-0.1, -0.05) is 25.5 Å². The Hall–Kier alpha value is -2.34. The van der Waals surface area contributed by atoms with Crippen molar-refractivity contribution in [2.75, 3.05) is 18.0 Å². The molecule has 0 atom stereocenters. The summed E-state index contributed by atoms with van der Waals surface area (Å²) >= 11 is 1.62. The standard InChI is InChI=1S/C22H26N4OS/c1-3-18-19(26-12-15(2)28-21(26)24-18)20(27)23-11-16-5-7-17(8-6-16)25-13-22(14-25)9-4-10-22/h5-8,12H,3-4,9-11,13-14H2,1-2H3,(H,23,27). The van der Waals surface area contributed by atoms with E-state index in [0.29, 0.717) is 17.7 Å². The van der Waals surface area contributed by atoms with Gasteiger partial charge in [-0.15, -0.1) is 11.3 Å². The molecule has 5 rings (SSSR count). The fourth-order valence-electron chi connectivity index (χ4n) is 4.52. The van der Waals surface area contributed by atoms with Gasteiger partial charge >= 0.3 is 0 Å². The average molecular weight is 395 g/mol. The Morgan fingerprint density at radius 3 is 2.64 bits per heavy atom. The average Bonchev–Trinajstić information content (AvgIpc) is 3.13. The lowest BCUT2D eigenvalue weighted by Gasteiger charge is -2.57. The van der Waals surface area contributed by atoms with Gasteiger partial charge in [-0.25, -0.2) is 4.98 Å². The number of carbonyl (C=O) groups excluding carboxylic acids is 1. The molecule has 2 fully saturated rings. The molecule has 0 unspecified atom stereocenters. The summed E-state index contributed by atoms with van der Waals surface area (Å²) in [5.74, 6) is -0.0547. The van der Waals surface area contributed by atoms with Crippen LogP contribution in [0.1, 0.15) is 52.8 Å². The van der Waals surface area contributed by atoms with Crippen molar-refractivity contribution in [3.05, 3.63) is 52.3 Å². The van der Waals surface area contributed by atoms with Crippen LogP contribution in [0.3, 0.4) is 0 Å². The summed E-state index contributed by atoms with van der Waals surface area (Å²) in [5.41, 5.74) is 4.59. The maximum absolute atomic E-state index is 12.8. The van der Waals surface area contributed by atoms with Gasteiger partial charge < -0.3 is 10.2 Å². The molecule has 1 aromatic carbocycles. The van der Waals surface area contributed by atoms with E-state index >= 15 is 0 Å². The van der Waals surface area contributed by atoms with E-state index in [1.807, 2.05) is 24.4 Å². The molecule has 1 amide bonds. The summed E-state index contributed by atoms with van der Waals surface area (Å²) in [7, 11) is 0. The molecule has 1 aliphatic heterocycles. The summed E-state index contributed by atoms with van der Waals surface area (Å²) in [4.78, 5) is 22.0. The monoisotopic (exact) mass is 394 g/mol. The second-order valence-corrected chi connectivity index (χ2v) is 9.53. The third-order valence-electron chi connectivity index (χ3n) is 6.29. The van der Waals surface area contributed by atoms with E-state index in [2.05, 4.69) is 39.5 Å². The number of carbonyl (C=O) groups is 1. The van der Waals surface area contributed by atoms with Crippen molar-refractivity contribution in [3.63, 3.8) is 0 Å². The third kappa shape index (κ3) is 2.91. The molecule has 1 aliphatic carbocycles. The van der Waals surface area contributed by atoms with Crippen LogP contribution in [-0.4, -0.2) is 28.4 Å². The molecule has 146 valence electrons. The van der Waals surface area contributed by atoms with Gasteiger partial charge in [0.1, 0.15) is 5.69 Å². The van der Waals surface area contributed by atoms with E-state index in [4.69, 9.17) is 0 Å². The number of benzene rings is 1. The van der Waals surface area contributed by atoms with Gasteiger partial charge in [0.25, 0.3) is 5.91 Å². The Morgan fingerprint density at radius 1 is 1.25 bits per heavy atom. The van der Waals surface area contributed by atoms with Gasteiger partial charge in [0.2, 0.25) is 0 Å². The molecule has 2 aromatic heterocycles. The maximum atomic E-state index is 12.8. The molecule has 1 N–H and O–H groups in total. The lowest BCUT2D eigenvalue weighted by atomic mass is 9.63. The quantitative estimate of drug-likeness (QED) is 0.706. The second kappa shape index (κ2) is 6.62. The number of amides is 1. The lowest BCUT2D eigenvalue weighted by molar-refractivity contribution is 0.0904. The molecule has 6 heteroatoms. The number of nitrogens with one attached hydrogen (secondary N) is 1. The highest BCUT2D eigenvalue weighted by Gasteiger charge is 2.47. The molecule has 0 radical (unpaired) electrons.